The van der Waals surface area contributed by atoms with Gasteiger partial charge in [0.2, 0.25) is 0 Å². The van der Waals surface area contributed by atoms with Gasteiger partial charge in [0.15, 0.2) is 11.7 Å². The highest BCUT2D eigenvalue weighted by molar-refractivity contribution is 6.10. The molecule has 3 aliphatic carbocycles. The molecular weight excluding hydrogens is 591 g/mol. The maximum absolute atomic E-state index is 14.2. The third-order valence-electron chi connectivity index (χ3n) is 11.1. The van der Waals surface area contributed by atoms with Crippen molar-refractivity contribution >= 4 is 11.7 Å². The molecule has 0 radical (unpaired) electrons. The zero-order chi connectivity index (χ0) is 32.7. The second kappa shape index (κ2) is 12.8. The van der Waals surface area contributed by atoms with E-state index in [2.05, 4.69) is 29.7 Å². The van der Waals surface area contributed by atoms with E-state index in [9.17, 15) is 28.2 Å². The highest BCUT2D eigenvalue weighted by Crippen LogP contribution is 2.59. The van der Waals surface area contributed by atoms with Crippen LogP contribution in [0.2, 0.25) is 0 Å². The van der Waals surface area contributed by atoms with Gasteiger partial charge in [-0.2, -0.15) is 13.2 Å². The van der Waals surface area contributed by atoms with Gasteiger partial charge in [-0.25, -0.2) is 0 Å². The fraction of sp³-hybridized carbons (Fsp3) is 0.568. The Hall–Kier alpha value is -3.17. The Balaban J connectivity index is 1.43. The first-order valence-electron chi connectivity index (χ1n) is 16.8. The van der Waals surface area contributed by atoms with Gasteiger partial charge < -0.3 is 20.0 Å². The highest BCUT2D eigenvalue weighted by atomic mass is 19.4. The maximum Gasteiger partial charge on any atom is 0.416 e. The van der Waals surface area contributed by atoms with Crippen molar-refractivity contribution in [1.82, 2.24) is 9.80 Å². The lowest BCUT2D eigenvalue weighted by molar-refractivity contribution is -0.137. The molecule has 2 aromatic carbocycles. The summed E-state index contributed by atoms with van der Waals surface area (Å²) >= 11 is 0. The number of guanidine groups is 1. The molecule has 6 nitrogen and oxygen atoms in total. The zero-order valence-corrected chi connectivity index (χ0v) is 27.0. The molecule has 248 valence electrons. The molecule has 2 fully saturated rings. The molecule has 2 bridgehead atoms. The number of nitrogens with zero attached hydrogens (tertiary/aromatic N) is 3. The van der Waals surface area contributed by atoms with Crippen LogP contribution < -0.4 is 0 Å². The van der Waals surface area contributed by atoms with E-state index < -0.39 is 34.6 Å². The van der Waals surface area contributed by atoms with Crippen molar-refractivity contribution in [3.8, 4) is 0 Å². The summed E-state index contributed by atoms with van der Waals surface area (Å²) in [5.74, 6) is 0.297. The molecule has 2 N–H and O–H groups in total. The van der Waals surface area contributed by atoms with E-state index in [1.807, 2.05) is 12.1 Å². The van der Waals surface area contributed by atoms with Crippen LogP contribution in [0.25, 0.3) is 0 Å². The second-order valence-corrected chi connectivity index (χ2v) is 14.2. The standard InChI is InChI=1S/C37H46F3N3O3/c1-25-7-4-15-35(2)32(14-16-36(35,46)24-43-20-6-19-42-18-5-17-41-34(42)43)30-13-11-26(21-29(44)12-10-25)22-31(30)33(45)27-8-3-9-28(23-27)37(38,39)40/h3,7-9,11,13,22-23,29,32,44,46H,4-6,10,12,14-21,24H2,1-2H3. The molecule has 0 amide bonds. The molecule has 7 rings (SSSR count). The summed E-state index contributed by atoms with van der Waals surface area (Å²) in [5, 5.41) is 23.6. The molecule has 0 spiro atoms. The number of hydrogen-bond acceptors (Lipinski definition) is 6. The van der Waals surface area contributed by atoms with Crippen LogP contribution in [-0.2, 0) is 12.6 Å². The molecule has 5 aliphatic rings. The molecule has 1 saturated heterocycles. The van der Waals surface area contributed by atoms with Crippen LogP contribution in [0.4, 0.5) is 13.2 Å². The van der Waals surface area contributed by atoms with Crippen molar-refractivity contribution in [3.63, 3.8) is 0 Å². The Bertz CT molecular complexity index is 1520. The number of carbonyl (C=O) groups excluding carboxylic acids is 1. The maximum atomic E-state index is 14.2. The summed E-state index contributed by atoms with van der Waals surface area (Å²) in [4.78, 5) is 23.6. The first-order chi connectivity index (χ1) is 21.9. The van der Waals surface area contributed by atoms with Gasteiger partial charge in [-0.1, -0.05) is 42.8 Å². The number of ketones is 1. The lowest BCUT2D eigenvalue weighted by Gasteiger charge is -2.49. The number of fused-ring (bicyclic) bond motifs is 9. The third kappa shape index (κ3) is 6.37. The number of alkyl halides is 3. The second-order valence-electron chi connectivity index (χ2n) is 14.2. The summed E-state index contributed by atoms with van der Waals surface area (Å²) in [6, 6.07) is 10.3. The number of aliphatic imine (C=N–C) groups is 1. The van der Waals surface area contributed by atoms with Crippen molar-refractivity contribution in [1.29, 1.82) is 0 Å². The number of aliphatic hydroxyl groups is 2. The predicted octanol–water partition coefficient (Wildman–Crippen LogP) is 6.74. The minimum Gasteiger partial charge on any atom is -0.393 e. The molecule has 4 unspecified atom stereocenters. The van der Waals surface area contributed by atoms with Gasteiger partial charge in [-0.15, -0.1) is 0 Å². The minimum atomic E-state index is -4.57. The normalized spacial score (nSPS) is 29.0. The average molecular weight is 638 g/mol. The molecule has 4 atom stereocenters. The highest BCUT2D eigenvalue weighted by Gasteiger charge is 2.58. The van der Waals surface area contributed by atoms with Crippen LogP contribution >= 0.6 is 0 Å². The smallest absolute Gasteiger partial charge is 0.393 e. The van der Waals surface area contributed by atoms with E-state index in [4.69, 9.17) is 4.99 Å². The number of β-amino-alcohol motifs (C(OH)–C–C–N with tert-alkyl or cyclic N) is 1. The number of aliphatic hydroxyl groups excluding tert-OH is 1. The summed E-state index contributed by atoms with van der Waals surface area (Å²) < 4.78 is 41.0. The van der Waals surface area contributed by atoms with Crippen molar-refractivity contribution in [3.05, 3.63) is 81.9 Å². The number of halogens is 3. The molecule has 2 aliphatic heterocycles. The van der Waals surface area contributed by atoms with E-state index in [0.29, 0.717) is 44.2 Å². The van der Waals surface area contributed by atoms with Gasteiger partial charge in [0, 0.05) is 42.7 Å². The minimum absolute atomic E-state index is 0.0212. The van der Waals surface area contributed by atoms with E-state index in [-0.39, 0.29) is 11.5 Å². The number of hydrogen-bond donors (Lipinski definition) is 2. The Kier molecular flexibility index (Phi) is 9.11. The van der Waals surface area contributed by atoms with Gasteiger partial charge in [0.25, 0.3) is 0 Å². The van der Waals surface area contributed by atoms with Crippen LogP contribution in [-0.4, -0.2) is 76.2 Å². The number of rotatable bonds is 4. The molecule has 1 saturated carbocycles. The number of allylic oxidation sites excluding steroid dienone is 2. The average Bonchev–Trinajstić information content (AvgIpc) is 3.28. The monoisotopic (exact) mass is 637 g/mol. The Labute approximate surface area is 270 Å². The molecule has 0 aromatic heterocycles. The van der Waals surface area contributed by atoms with Gasteiger partial charge in [-0.05, 0) is 100.0 Å². The Morgan fingerprint density at radius 2 is 1.87 bits per heavy atom. The van der Waals surface area contributed by atoms with Crippen molar-refractivity contribution in [2.75, 3.05) is 32.7 Å². The lowest BCUT2D eigenvalue weighted by Crippen LogP contribution is -2.59. The van der Waals surface area contributed by atoms with Gasteiger partial charge in [0.1, 0.15) is 0 Å². The van der Waals surface area contributed by atoms with Gasteiger partial charge in [-0.3, -0.25) is 9.79 Å². The van der Waals surface area contributed by atoms with Crippen molar-refractivity contribution in [2.24, 2.45) is 10.4 Å². The number of benzene rings is 2. The van der Waals surface area contributed by atoms with Gasteiger partial charge >= 0.3 is 6.18 Å². The van der Waals surface area contributed by atoms with E-state index >= 15 is 0 Å². The SMILES string of the molecule is CC1=CCCC2(C)C(CCC2(O)CN2CCCN3CCCN=C32)c2ccc(cc2C(=O)c2cccc(C(F)(F)F)c2)CC(O)CC1. The third-order valence-corrected chi connectivity index (χ3v) is 11.1. The summed E-state index contributed by atoms with van der Waals surface area (Å²) in [6.45, 7) is 8.22. The Morgan fingerprint density at radius 3 is 2.67 bits per heavy atom. The fourth-order valence-corrected chi connectivity index (χ4v) is 8.36. The zero-order valence-electron chi connectivity index (χ0n) is 27.0. The largest absolute Gasteiger partial charge is 0.416 e. The van der Waals surface area contributed by atoms with Crippen LogP contribution in [0.5, 0.6) is 0 Å². The fourth-order valence-electron chi connectivity index (χ4n) is 8.36. The summed E-state index contributed by atoms with van der Waals surface area (Å²) in [6.07, 6.45) is 3.31. The quantitative estimate of drug-likeness (QED) is 0.287. The van der Waals surface area contributed by atoms with Crippen LogP contribution in [0, 0.1) is 5.41 Å². The Morgan fingerprint density at radius 1 is 1.07 bits per heavy atom. The number of carbonyl (C=O) groups is 1. The lowest BCUT2D eigenvalue weighted by atomic mass is 9.64. The van der Waals surface area contributed by atoms with Crippen LogP contribution in [0.15, 0.2) is 59.1 Å². The van der Waals surface area contributed by atoms with Crippen LogP contribution in [0.1, 0.15) is 104 Å². The van der Waals surface area contributed by atoms with E-state index in [1.54, 1.807) is 6.07 Å². The van der Waals surface area contributed by atoms with Crippen LogP contribution in [0.3, 0.4) is 0 Å². The molecule has 9 heteroatoms. The van der Waals surface area contributed by atoms with E-state index in [1.165, 1.54) is 17.7 Å². The summed E-state index contributed by atoms with van der Waals surface area (Å²) in [5.41, 5.74) is 0.491. The van der Waals surface area contributed by atoms with Crippen molar-refractivity contribution < 1.29 is 28.2 Å². The molecular formula is C37H46F3N3O3. The summed E-state index contributed by atoms with van der Waals surface area (Å²) in [7, 11) is 0. The molecule has 2 aromatic rings. The predicted molar refractivity (Wildman–Crippen MR) is 173 cm³/mol. The molecule has 46 heavy (non-hydrogen) atoms. The van der Waals surface area contributed by atoms with E-state index in [0.717, 1.165) is 81.1 Å². The van der Waals surface area contributed by atoms with Gasteiger partial charge in [0.05, 0.1) is 23.8 Å². The molecule has 2 heterocycles. The first-order valence-corrected chi connectivity index (χ1v) is 16.8. The van der Waals surface area contributed by atoms with Crippen molar-refractivity contribution in [2.45, 2.75) is 95.4 Å². The topological polar surface area (TPSA) is 76.4 Å². The first kappa shape index (κ1) is 32.8.